The molecule has 0 fully saturated rings. The van der Waals surface area contributed by atoms with Crippen molar-refractivity contribution in [2.45, 2.75) is 20.8 Å². The van der Waals surface area contributed by atoms with E-state index in [-0.39, 0.29) is 11.2 Å². The van der Waals surface area contributed by atoms with E-state index in [2.05, 4.69) is 35.6 Å². The molecule has 80 valence electrons. The maximum Gasteiger partial charge on any atom is 0.232 e. The van der Waals surface area contributed by atoms with Gasteiger partial charge in [0.25, 0.3) is 0 Å². The summed E-state index contributed by atoms with van der Waals surface area (Å²) in [5.41, 5.74) is 1.16. The number of nitriles is 1. The van der Waals surface area contributed by atoms with Crippen LogP contribution in [0.15, 0.2) is 12.4 Å². The Morgan fingerprint density at radius 3 is 2.27 bits per heavy atom. The lowest BCUT2D eigenvalue weighted by Gasteiger charge is -2.27. The number of hydrogen-bond acceptors (Lipinski definition) is 4. The van der Waals surface area contributed by atoms with Crippen LogP contribution in [0.25, 0.3) is 0 Å². The molecule has 4 nitrogen and oxygen atoms in total. The summed E-state index contributed by atoms with van der Waals surface area (Å²) in [6.45, 7) is 7.44. The molecule has 0 aromatic carbocycles. The highest BCUT2D eigenvalue weighted by molar-refractivity contribution is 5.41. The lowest BCUT2D eigenvalue weighted by molar-refractivity contribution is 0.418. The number of anilines is 1. The molecule has 4 heteroatoms. The molecule has 0 saturated heterocycles. The third kappa shape index (κ3) is 3.55. The van der Waals surface area contributed by atoms with Gasteiger partial charge in [0.05, 0.1) is 18.1 Å². The molecule has 0 atom stereocenters. The van der Waals surface area contributed by atoms with Gasteiger partial charge in [0.1, 0.15) is 6.07 Å². The molecule has 0 radical (unpaired) electrons. The molecule has 0 aliphatic rings. The zero-order chi connectivity index (χ0) is 11.5. The normalized spacial score (nSPS) is 10.9. The molecule has 0 unspecified atom stereocenters. The molecule has 0 N–H and O–H groups in total. The van der Waals surface area contributed by atoms with Gasteiger partial charge >= 0.3 is 0 Å². The van der Waals surface area contributed by atoms with Crippen molar-refractivity contribution in [1.29, 1.82) is 5.26 Å². The largest absolute Gasteiger partial charge is 0.372 e. The fourth-order valence-electron chi connectivity index (χ4n) is 1.38. The average Bonchev–Trinajstić information content (AvgIpc) is 2.15. The van der Waals surface area contributed by atoms with Gasteiger partial charge in [-0.15, -0.1) is 0 Å². The molecule has 1 rings (SSSR count). The Morgan fingerprint density at radius 1 is 1.33 bits per heavy atom. The molecule has 1 heterocycles. The molecule has 0 amide bonds. The lowest BCUT2D eigenvalue weighted by Crippen LogP contribution is -2.29. The second kappa shape index (κ2) is 4.26. The number of nitrogens with zero attached hydrogens (tertiary/aromatic N) is 4. The van der Waals surface area contributed by atoms with Gasteiger partial charge in [-0.1, -0.05) is 20.8 Å². The van der Waals surface area contributed by atoms with Crippen molar-refractivity contribution < 1.29 is 0 Å². The Kier molecular flexibility index (Phi) is 3.25. The predicted octanol–water partition coefficient (Wildman–Crippen LogP) is 1.83. The zero-order valence-corrected chi connectivity index (χ0v) is 9.65. The maximum atomic E-state index is 8.56. The van der Waals surface area contributed by atoms with Crippen LogP contribution in [-0.4, -0.2) is 23.6 Å². The first-order valence-corrected chi connectivity index (χ1v) is 4.86. The Morgan fingerprint density at radius 2 is 1.87 bits per heavy atom. The van der Waals surface area contributed by atoms with Gasteiger partial charge in [0, 0.05) is 13.6 Å². The van der Waals surface area contributed by atoms with E-state index >= 15 is 0 Å². The molecule has 0 spiro atoms. The smallest absolute Gasteiger partial charge is 0.232 e. The lowest BCUT2D eigenvalue weighted by atomic mass is 9.96. The van der Waals surface area contributed by atoms with Crippen molar-refractivity contribution in [2.24, 2.45) is 5.41 Å². The summed E-state index contributed by atoms with van der Waals surface area (Å²) >= 11 is 0. The molecule has 0 bridgehead atoms. The molecule has 1 aromatic heterocycles. The van der Waals surface area contributed by atoms with Gasteiger partial charge < -0.3 is 4.90 Å². The van der Waals surface area contributed by atoms with Gasteiger partial charge in [-0.05, 0) is 5.41 Å². The van der Waals surface area contributed by atoms with E-state index in [0.29, 0.717) is 0 Å². The highest BCUT2D eigenvalue weighted by Crippen LogP contribution is 2.18. The zero-order valence-electron chi connectivity index (χ0n) is 9.65. The predicted molar refractivity (Wildman–Crippen MR) is 59.5 cm³/mol. The summed E-state index contributed by atoms with van der Waals surface area (Å²) in [6.07, 6.45) is 3.36. The molecule has 15 heavy (non-hydrogen) atoms. The van der Waals surface area contributed by atoms with E-state index in [9.17, 15) is 0 Å². The number of aromatic nitrogens is 2. The van der Waals surface area contributed by atoms with Gasteiger partial charge in [0.2, 0.25) is 5.82 Å². The molecule has 0 aliphatic carbocycles. The standard InChI is InChI=1S/C11H16N4/c1-11(2,3)8-15(4)9-6-13-10(5-12)14-7-9/h6-7H,8H2,1-4H3. The van der Waals surface area contributed by atoms with Crippen LogP contribution in [0.1, 0.15) is 26.6 Å². The second-order valence-corrected chi connectivity index (χ2v) is 4.79. The minimum atomic E-state index is 0.211. The van der Waals surface area contributed by atoms with Crippen LogP contribution in [0.3, 0.4) is 0 Å². The Balaban J connectivity index is 2.75. The first kappa shape index (κ1) is 11.4. The van der Waals surface area contributed by atoms with Crippen LogP contribution in [0.5, 0.6) is 0 Å². The van der Waals surface area contributed by atoms with E-state index in [1.807, 2.05) is 13.1 Å². The molecule has 0 aliphatic heterocycles. The first-order chi connectivity index (χ1) is 6.92. The van der Waals surface area contributed by atoms with E-state index in [0.717, 1.165) is 12.2 Å². The highest BCUT2D eigenvalue weighted by Gasteiger charge is 2.14. The molecular formula is C11H16N4. The SMILES string of the molecule is CN(CC(C)(C)C)c1cnc(C#N)nc1. The van der Waals surface area contributed by atoms with E-state index in [1.54, 1.807) is 12.4 Å². The van der Waals surface area contributed by atoms with Gasteiger partial charge in [-0.2, -0.15) is 5.26 Å². The quantitative estimate of drug-likeness (QED) is 0.737. The maximum absolute atomic E-state index is 8.56. The summed E-state index contributed by atoms with van der Waals surface area (Å²) in [6, 6.07) is 1.90. The summed E-state index contributed by atoms with van der Waals surface area (Å²) in [5.74, 6) is 0.211. The Bertz CT molecular complexity index is 356. The Labute approximate surface area is 90.6 Å². The van der Waals surface area contributed by atoms with Crippen LogP contribution >= 0.6 is 0 Å². The first-order valence-electron chi connectivity index (χ1n) is 4.86. The number of rotatable bonds is 2. The van der Waals surface area contributed by atoms with Crippen molar-refractivity contribution in [3.63, 3.8) is 0 Å². The fourth-order valence-corrected chi connectivity index (χ4v) is 1.38. The van der Waals surface area contributed by atoms with Crippen molar-refractivity contribution in [1.82, 2.24) is 9.97 Å². The van der Waals surface area contributed by atoms with Gasteiger partial charge in [-0.3, -0.25) is 0 Å². The summed E-state index contributed by atoms with van der Waals surface area (Å²) in [7, 11) is 2.00. The van der Waals surface area contributed by atoms with Crippen LogP contribution in [0, 0.1) is 16.7 Å². The summed E-state index contributed by atoms with van der Waals surface area (Å²) in [5, 5.41) is 8.56. The second-order valence-electron chi connectivity index (χ2n) is 4.79. The fraction of sp³-hybridized carbons (Fsp3) is 0.545. The Hall–Kier alpha value is -1.63. The van der Waals surface area contributed by atoms with Crippen LogP contribution < -0.4 is 4.90 Å². The third-order valence-corrected chi connectivity index (χ3v) is 1.89. The monoisotopic (exact) mass is 204 g/mol. The van der Waals surface area contributed by atoms with Crippen LogP contribution in [-0.2, 0) is 0 Å². The molecular weight excluding hydrogens is 188 g/mol. The van der Waals surface area contributed by atoms with E-state index in [1.165, 1.54) is 0 Å². The topological polar surface area (TPSA) is 52.8 Å². The van der Waals surface area contributed by atoms with E-state index in [4.69, 9.17) is 5.26 Å². The highest BCUT2D eigenvalue weighted by atomic mass is 15.1. The van der Waals surface area contributed by atoms with Gasteiger partial charge in [-0.25, -0.2) is 9.97 Å². The number of hydrogen-bond donors (Lipinski definition) is 0. The van der Waals surface area contributed by atoms with Crippen molar-refractivity contribution in [3.05, 3.63) is 18.2 Å². The molecule has 1 aromatic rings. The van der Waals surface area contributed by atoms with Crippen molar-refractivity contribution in [3.8, 4) is 6.07 Å². The van der Waals surface area contributed by atoms with E-state index < -0.39 is 0 Å². The average molecular weight is 204 g/mol. The minimum absolute atomic E-state index is 0.211. The minimum Gasteiger partial charge on any atom is -0.372 e. The van der Waals surface area contributed by atoms with Gasteiger partial charge in [0.15, 0.2) is 0 Å². The summed E-state index contributed by atoms with van der Waals surface area (Å²) in [4.78, 5) is 9.95. The van der Waals surface area contributed by atoms with Crippen LogP contribution in [0.2, 0.25) is 0 Å². The van der Waals surface area contributed by atoms with Crippen LogP contribution in [0.4, 0.5) is 5.69 Å². The molecule has 0 saturated carbocycles. The third-order valence-electron chi connectivity index (χ3n) is 1.89. The summed E-state index contributed by atoms with van der Waals surface area (Å²) < 4.78 is 0. The van der Waals surface area contributed by atoms with Crippen molar-refractivity contribution in [2.75, 3.05) is 18.5 Å². The van der Waals surface area contributed by atoms with Crippen molar-refractivity contribution >= 4 is 5.69 Å².